The minimum absolute atomic E-state index is 0.00890. The van der Waals surface area contributed by atoms with Crippen LogP contribution in [0.3, 0.4) is 0 Å². The largest absolute Gasteiger partial charge is 0.474 e. The van der Waals surface area contributed by atoms with Crippen LogP contribution in [0, 0.1) is 10.1 Å². The quantitative estimate of drug-likeness (QED) is 0.445. The number of carbonyl (C=O) groups is 1. The SMILES string of the molecule is C[C@H](Oc1ccccc1[N+](=O)[O-])C(=O)Nc1cc(Cl)c(Cl)cc1Cl. The number of nitro groups is 1. The van der Waals surface area contributed by atoms with Crippen molar-refractivity contribution in [3.05, 3.63) is 61.6 Å². The number of nitrogens with zero attached hydrogens (tertiary/aromatic N) is 1. The second kappa shape index (κ2) is 7.70. The van der Waals surface area contributed by atoms with E-state index in [0.29, 0.717) is 0 Å². The van der Waals surface area contributed by atoms with E-state index in [4.69, 9.17) is 39.5 Å². The molecular formula is C15H11Cl3N2O4. The maximum Gasteiger partial charge on any atom is 0.310 e. The first-order valence-electron chi connectivity index (χ1n) is 6.65. The van der Waals surface area contributed by atoms with E-state index in [9.17, 15) is 14.9 Å². The van der Waals surface area contributed by atoms with Crippen LogP contribution in [0.25, 0.3) is 0 Å². The minimum atomic E-state index is -1.00. The van der Waals surface area contributed by atoms with Gasteiger partial charge in [-0.1, -0.05) is 46.9 Å². The molecule has 24 heavy (non-hydrogen) atoms. The first-order valence-corrected chi connectivity index (χ1v) is 7.78. The first-order chi connectivity index (χ1) is 11.3. The summed E-state index contributed by atoms with van der Waals surface area (Å²) in [6.45, 7) is 1.46. The molecule has 0 aliphatic rings. The second-order valence-corrected chi connectivity index (χ2v) is 5.94. The lowest BCUT2D eigenvalue weighted by Gasteiger charge is -2.15. The highest BCUT2D eigenvalue weighted by Gasteiger charge is 2.21. The van der Waals surface area contributed by atoms with Gasteiger partial charge in [-0.15, -0.1) is 0 Å². The number of nitro benzene ring substituents is 1. The lowest BCUT2D eigenvalue weighted by atomic mass is 10.2. The highest BCUT2D eigenvalue weighted by molar-refractivity contribution is 6.44. The van der Waals surface area contributed by atoms with E-state index < -0.39 is 16.9 Å². The van der Waals surface area contributed by atoms with Gasteiger partial charge in [0.15, 0.2) is 11.9 Å². The molecule has 1 amide bonds. The zero-order valence-corrected chi connectivity index (χ0v) is 14.5. The summed E-state index contributed by atoms with van der Waals surface area (Å²) in [7, 11) is 0. The predicted octanol–water partition coefficient (Wildman–Crippen LogP) is 4.96. The second-order valence-electron chi connectivity index (χ2n) is 4.72. The van der Waals surface area contributed by atoms with Gasteiger partial charge in [0.2, 0.25) is 0 Å². The summed E-state index contributed by atoms with van der Waals surface area (Å²) >= 11 is 17.7. The Balaban J connectivity index is 2.14. The van der Waals surface area contributed by atoms with E-state index in [1.807, 2.05) is 0 Å². The average molecular weight is 390 g/mol. The number of carbonyl (C=O) groups excluding carboxylic acids is 1. The van der Waals surface area contributed by atoms with Crippen molar-refractivity contribution >= 4 is 52.1 Å². The monoisotopic (exact) mass is 388 g/mol. The van der Waals surface area contributed by atoms with E-state index in [2.05, 4.69) is 5.32 Å². The molecule has 6 nitrogen and oxygen atoms in total. The number of benzene rings is 2. The summed E-state index contributed by atoms with van der Waals surface area (Å²) in [5, 5.41) is 14.2. The molecule has 9 heteroatoms. The third-order valence-electron chi connectivity index (χ3n) is 3.00. The number of amides is 1. The molecule has 0 aromatic heterocycles. The van der Waals surface area contributed by atoms with Crippen molar-refractivity contribution in [3.63, 3.8) is 0 Å². The van der Waals surface area contributed by atoms with E-state index in [1.54, 1.807) is 6.07 Å². The van der Waals surface area contributed by atoms with Crippen molar-refractivity contribution in [3.8, 4) is 5.75 Å². The lowest BCUT2D eigenvalue weighted by Crippen LogP contribution is -2.30. The number of ether oxygens (including phenoxy) is 1. The fourth-order valence-electron chi connectivity index (χ4n) is 1.80. The van der Waals surface area contributed by atoms with Crippen LogP contribution in [0.5, 0.6) is 5.75 Å². The first kappa shape index (κ1) is 18.3. The van der Waals surface area contributed by atoms with Crippen molar-refractivity contribution in [2.24, 2.45) is 0 Å². The smallest absolute Gasteiger partial charge is 0.310 e. The Bertz CT molecular complexity index is 798. The van der Waals surface area contributed by atoms with E-state index in [-0.39, 0.29) is 32.2 Å². The molecule has 0 spiro atoms. The van der Waals surface area contributed by atoms with Crippen LogP contribution in [0.1, 0.15) is 6.92 Å². The van der Waals surface area contributed by atoms with Crippen LogP contribution in [-0.4, -0.2) is 16.9 Å². The zero-order chi connectivity index (χ0) is 17.9. The Kier molecular flexibility index (Phi) is 5.88. The topological polar surface area (TPSA) is 81.5 Å². The summed E-state index contributed by atoms with van der Waals surface area (Å²) in [6, 6.07) is 8.58. The molecule has 0 heterocycles. The number of hydrogen-bond donors (Lipinski definition) is 1. The number of hydrogen-bond acceptors (Lipinski definition) is 4. The van der Waals surface area contributed by atoms with Gasteiger partial charge in [-0.25, -0.2) is 0 Å². The van der Waals surface area contributed by atoms with Crippen LogP contribution < -0.4 is 10.1 Å². The standard InChI is InChI=1S/C15H11Cl3N2O4/c1-8(24-14-5-3-2-4-13(14)20(22)23)15(21)19-12-7-10(17)9(16)6-11(12)18/h2-8H,1H3,(H,19,21)/t8-/m0/s1. The molecule has 0 unspecified atom stereocenters. The third-order valence-corrected chi connectivity index (χ3v) is 4.04. The number of nitrogens with one attached hydrogen (secondary N) is 1. The maximum atomic E-state index is 12.2. The molecular weight excluding hydrogens is 379 g/mol. The normalized spacial score (nSPS) is 11.7. The number of halogens is 3. The molecule has 0 saturated carbocycles. The van der Waals surface area contributed by atoms with Crippen molar-refractivity contribution in [1.29, 1.82) is 0 Å². The number of rotatable bonds is 5. The van der Waals surface area contributed by atoms with Crippen molar-refractivity contribution < 1.29 is 14.5 Å². The van der Waals surface area contributed by atoms with Gasteiger partial charge in [0, 0.05) is 6.07 Å². The Labute approximate surface area is 152 Å². The average Bonchev–Trinajstić information content (AvgIpc) is 2.52. The van der Waals surface area contributed by atoms with Crippen molar-refractivity contribution in [2.75, 3.05) is 5.32 Å². The molecule has 0 saturated heterocycles. The highest BCUT2D eigenvalue weighted by Crippen LogP contribution is 2.32. The molecule has 1 atom stereocenters. The third kappa shape index (κ3) is 4.29. The number of anilines is 1. The molecule has 0 aliphatic heterocycles. The minimum Gasteiger partial charge on any atom is -0.474 e. The summed E-state index contributed by atoms with van der Waals surface area (Å²) in [5.74, 6) is -0.557. The van der Waals surface area contributed by atoms with Gasteiger partial charge in [-0.3, -0.25) is 14.9 Å². The van der Waals surface area contributed by atoms with Gasteiger partial charge in [0.1, 0.15) is 0 Å². The molecule has 0 fully saturated rings. The van der Waals surface area contributed by atoms with Gasteiger partial charge >= 0.3 is 5.69 Å². The van der Waals surface area contributed by atoms with Gasteiger partial charge in [0.25, 0.3) is 5.91 Å². The fraction of sp³-hybridized carbons (Fsp3) is 0.133. The van der Waals surface area contributed by atoms with Crippen LogP contribution in [0.2, 0.25) is 15.1 Å². The summed E-state index contributed by atoms with van der Waals surface area (Å²) in [4.78, 5) is 22.6. The Morgan fingerprint density at radius 2 is 1.79 bits per heavy atom. The molecule has 2 rings (SSSR count). The van der Waals surface area contributed by atoms with E-state index in [0.717, 1.165) is 0 Å². The van der Waals surface area contributed by atoms with E-state index >= 15 is 0 Å². The molecule has 2 aromatic rings. The number of para-hydroxylation sites is 2. The van der Waals surface area contributed by atoms with Gasteiger partial charge in [0.05, 0.1) is 25.7 Å². The Hall–Kier alpha value is -2.02. The van der Waals surface area contributed by atoms with Crippen LogP contribution >= 0.6 is 34.8 Å². The fourth-order valence-corrected chi connectivity index (χ4v) is 2.40. The maximum absolute atomic E-state index is 12.2. The highest BCUT2D eigenvalue weighted by atomic mass is 35.5. The van der Waals surface area contributed by atoms with Gasteiger partial charge in [-0.05, 0) is 25.1 Å². The summed E-state index contributed by atoms with van der Waals surface area (Å²) in [6.07, 6.45) is -1.00. The molecule has 0 aliphatic carbocycles. The predicted molar refractivity (Wildman–Crippen MR) is 93.3 cm³/mol. The van der Waals surface area contributed by atoms with Gasteiger partial charge < -0.3 is 10.1 Å². The molecule has 126 valence electrons. The molecule has 0 bridgehead atoms. The lowest BCUT2D eigenvalue weighted by molar-refractivity contribution is -0.386. The van der Waals surface area contributed by atoms with Gasteiger partial charge in [-0.2, -0.15) is 0 Å². The van der Waals surface area contributed by atoms with E-state index in [1.165, 1.54) is 37.3 Å². The summed E-state index contributed by atoms with van der Waals surface area (Å²) < 4.78 is 5.38. The molecule has 0 radical (unpaired) electrons. The van der Waals surface area contributed by atoms with Crippen LogP contribution in [-0.2, 0) is 4.79 Å². The Morgan fingerprint density at radius 3 is 2.46 bits per heavy atom. The van der Waals surface area contributed by atoms with Crippen molar-refractivity contribution in [1.82, 2.24) is 0 Å². The zero-order valence-electron chi connectivity index (χ0n) is 12.3. The molecule has 1 N–H and O–H groups in total. The molecule has 2 aromatic carbocycles. The van der Waals surface area contributed by atoms with Crippen LogP contribution in [0.4, 0.5) is 11.4 Å². The van der Waals surface area contributed by atoms with Crippen LogP contribution in [0.15, 0.2) is 36.4 Å². The Morgan fingerprint density at radius 1 is 1.17 bits per heavy atom. The van der Waals surface area contributed by atoms with Crippen molar-refractivity contribution in [2.45, 2.75) is 13.0 Å². The summed E-state index contributed by atoms with van der Waals surface area (Å²) in [5.41, 5.74) is 0.0267.